The lowest BCUT2D eigenvalue weighted by molar-refractivity contribution is 0.102. The maximum Gasteiger partial charge on any atom is 0.256 e. The van der Waals surface area contributed by atoms with Crippen LogP contribution in [-0.2, 0) is 0 Å². The zero-order chi connectivity index (χ0) is 12.3. The van der Waals surface area contributed by atoms with Crippen molar-refractivity contribution in [2.75, 3.05) is 5.32 Å². The molecular formula is C12H10FN3O. The fourth-order valence-corrected chi connectivity index (χ4v) is 1.42. The summed E-state index contributed by atoms with van der Waals surface area (Å²) < 4.78 is 13.1. The Kier molecular flexibility index (Phi) is 3.09. The molecule has 0 saturated heterocycles. The summed E-state index contributed by atoms with van der Waals surface area (Å²) >= 11 is 0. The van der Waals surface area contributed by atoms with Crippen molar-refractivity contribution in [1.29, 1.82) is 0 Å². The average molecular weight is 231 g/mol. The van der Waals surface area contributed by atoms with E-state index >= 15 is 0 Å². The molecule has 1 heterocycles. The largest absolute Gasteiger partial charge is 0.305 e. The van der Waals surface area contributed by atoms with E-state index < -0.39 is 11.7 Å². The molecule has 0 unspecified atom stereocenters. The molecule has 0 atom stereocenters. The van der Waals surface area contributed by atoms with Crippen molar-refractivity contribution >= 4 is 11.7 Å². The molecule has 2 aromatic rings. The van der Waals surface area contributed by atoms with Crippen LogP contribution in [0.3, 0.4) is 0 Å². The molecule has 0 saturated carbocycles. The highest BCUT2D eigenvalue weighted by molar-refractivity contribution is 6.03. The summed E-state index contributed by atoms with van der Waals surface area (Å²) in [5, 5.41) is 2.53. The summed E-state index contributed by atoms with van der Waals surface area (Å²) in [7, 11) is 0. The van der Waals surface area contributed by atoms with Crippen LogP contribution in [-0.4, -0.2) is 15.9 Å². The predicted molar refractivity (Wildman–Crippen MR) is 61.1 cm³/mol. The fraction of sp³-hybridized carbons (Fsp3) is 0.0833. The first kappa shape index (κ1) is 11.2. The Morgan fingerprint density at radius 1 is 1.29 bits per heavy atom. The van der Waals surface area contributed by atoms with Crippen LogP contribution in [0.4, 0.5) is 10.2 Å². The molecule has 1 aromatic heterocycles. The number of carbonyl (C=O) groups excluding carboxylic acids is 1. The number of hydrogen-bond acceptors (Lipinski definition) is 3. The fourth-order valence-electron chi connectivity index (χ4n) is 1.42. The van der Waals surface area contributed by atoms with Crippen LogP contribution >= 0.6 is 0 Å². The number of hydrogen-bond donors (Lipinski definition) is 1. The number of halogens is 1. The Bertz CT molecular complexity index is 522. The first-order chi connectivity index (χ1) is 8.15. The minimum atomic E-state index is -0.436. The Morgan fingerprint density at radius 3 is 2.76 bits per heavy atom. The third-order valence-corrected chi connectivity index (χ3v) is 2.11. The number of amides is 1. The number of anilines is 1. The maximum atomic E-state index is 13.1. The number of rotatable bonds is 2. The van der Waals surface area contributed by atoms with Crippen LogP contribution in [0, 0.1) is 12.7 Å². The molecule has 1 aromatic carbocycles. The number of benzene rings is 1. The van der Waals surface area contributed by atoms with Crippen LogP contribution in [0.5, 0.6) is 0 Å². The molecule has 0 fully saturated rings. The SMILES string of the molecule is Cc1cc(F)cc(C(=O)Nc2cnccn2)c1. The summed E-state index contributed by atoms with van der Waals surface area (Å²) in [5.74, 6) is -0.512. The molecule has 5 heteroatoms. The topological polar surface area (TPSA) is 54.9 Å². The maximum absolute atomic E-state index is 13.1. The van der Waals surface area contributed by atoms with Gasteiger partial charge < -0.3 is 5.32 Å². The van der Waals surface area contributed by atoms with Crippen LogP contribution in [0.1, 0.15) is 15.9 Å². The highest BCUT2D eigenvalue weighted by atomic mass is 19.1. The molecule has 86 valence electrons. The van der Waals surface area contributed by atoms with Crippen molar-refractivity contribution < 1.29 is 9.18 Å². The quantitative estimate of drug-likeness (QED) is 0.861. The van der Waals surface area contributed by atoms with Crippen molar-refractivity contribution in [2.24, 2.45) is 0 Å². The van der Waals surface area contributed by atoms with Gasteiger partial charge in [-0.3, -0.25) is 9.78 Å². The number of aryl methyl sites for hydroxylation is 1. The number of nitrogens with zero attached hydrogens (tertiary/aromatic N) is 2. The molecule has 1 amide bonds. The van der Waals surface area contributed by atoms with Gasteiger partial charge in [0.25, 0.3) is 5.91 Å². The van der Waals surface area contributed by atoms with Gasteiger partial charge in [0.2, 0.25) is 0 Å². The lowest BCUT2D eigenvalue weighted by atomic mass is 10.1. The van der Waals surface area contributed by atoms with Gasteiger partial charge in [-0.15, -0.1) is 0 Å². The average Bonchev–Trinajstić information content (AvgIpc) is 2.29. The zero-order valence-corrected chi connectivity index (χ0v) is 9.14. The van der Waals surface area contributed by atoms with Crippen LogP contribution in [0.25, 0.3) is 0 Å². The van der Waals surface area contributed by atoms with Gasteiger partial charge in [0.05, 0.1) is 6.20 Å². The highest BCUT2D eigenvalue weighted by Gasteiger charge is 2.08. The molecule has 4 nitrogen and oxygen atoms in total. The van der Waals surface area contributed by atoms with Crippen molar-refractivity contribution in [3.63, 3.8) is 0 Å². The monoisotopic (exact) mass is 231 g/mol. The van der Waals surface area contributed by atoms with Gasteiger partial charge in [0.1, 0.15) is 5.82 Å². The zero-order valence-electron chi connectivity index (χ0n) is 9.14. The van der Waals surface area contributed by atoms with E-state index in [1.165, 1.54) is 30.7 Å². The number of nitrogens with one attached hydrogen (secondary N) is 1. The molecule has 0 radical (unpaired) electrons. The predicted octanol–water partition coefficient (Wildman–Crippen LogP) is 2.18. The Labute approximate surface area is 97.5 Å². The molecule has 0 aliphatic rings. The third-order valence-electron chi connectivity index (χ3n) is 2.11. The molecular weight excluding hydrogens is 221 g/mol. The van der Waals surface area contributed by atoms with E-state index in [9.17, 15) is 9.18 Å². The van der Waals surface area contributed by atoms with E-state index in [1.54, 1.807) is 13.0 Å². The van der Waals surface area contributed by atoms with Gasteiger partial charge in [-0.25, -0.2) is 9.37 Å². The first-order valence-corrected chi connectivity index (χ1v) is 5.00. The minimum Gasteiger partial charge on any atom is -0.305 e. The Morgan fingerprint density at radius 2 is 2.12 bits per heavy atom. The van der Waals surface area contributed by atoms with Gasteiger partial charge in [0.15, 0.2) is 5.82 Å². The van der Waals surface area contributed by atoms with Crippen LogP contribution in [0.2, 0.25) is 0 Å². The molecule has 17 heavy (non-hydrogen) atoms. The van der Waals surface area contributed by atoms with E-state index in [-0.39, 0.29) is 5.56 Å². The van der Waals surface area contributed by atoms with Gasteiger partial charge in [-0.05, 0) is 30.7 Å². The summed E-state index contributed by atoms with van der Waals surface area (Å²) in [6.45, 7) is 1.72. The van der Waals surface area contributed by atoms with E-state index in [1.807, 2.05) is 0 Å². The minimum absolute atomic E-state index is 0.258. The summed E-state index contributed by atoms with van der Waals surface area (Å²) in [4.78, 5) is 19.5. The standard InChI is InChI=1S/C12H10FN3O/c1-8-4-9(6-10(13)5-8)12(17)16-11-7-14-2-3-15-11/h2-7H,1H3,(H,15,16,17). The van der Waals surface area contributed by atoms with Crippen molar-refractivity contribution in [1.82, 2.24) is 9.97 Å². The van der Waals surface area contributed by atoms with E-state index in [0.717, 1.165) is 0 Å². The molecule has 0 aliphatic carbocycles. The Hall–Kier alpha value is -2.30. The molecule has 1 N–H and O–H groups in total. The molecule has 0 spiro atoms. The lowest BCUT2D eigenvalue weighted by Gasteiger charge is -2.04. The van der Waals surface area contributed by atoms with Crippen molar-refractivity contribution in [2.45, 2.75) is 6.92 Å². The van der Waals surface area contributed by atoms with Crippen LogP contribution in [0.15, 0.2) is 36.8 Å². The summed E-state index contributed by atoms with van der Waals surface area (Å²) in [6.07, 6.45) is 4.39. The molecule has 0 aliphatic heterocycles. The van der Waals surface area contributed by atoms with E-state index in [2.05, 4.69) is 15.3 Å². The second-order valence-corrected chi connectivity index (χ2v) is 3.56. The Balaban J connectivity index is 2.20. The van der Waals surface area contributed by atoms with Crippen LogP contribution < -0.4 is 5.32 Å². The lowest BCUT2D eigenvalue weighted by Crippen LogP contribution is -2.13. The van der Waals surface area contributed by atoms with Gasteiger partial charge in [-0.2, -0.15) is 0 Å². The second kappa shape index (κ2) is 4.69. The smallest absolute Gasteiger partial charge is 0.256 e. The normalized spacial score (nSPS) is 10.0. The third kappa shape index (κ3) is 2.84. The highest BCUT2D eigenvalue weighted by Crippen LogP contribution is 2.10. The molecule has 0 bridgehead atoms. The van der Waals surface area contributed by atoms with Crippen molar-refractivity contribution in [3.8, 4) is 0 Å². The van der Waals surface area contributed by atoms with Gasteiger partial charge in [0, 0.05) is 18.0 Å². The van der Waals surface area contributed by atoms with Crippen molar-refractivity contribution in [3.05, 3.63) is 53.7 Å². The van der Waals surface area contributed by atoms with Gasteiger partial charge >= 0.3 is 0 Å². The first-order valence-electron chi connectivity index (χ1n) is 5.00. The molecule has 2 rings (SSSR count). The van der Waals surface area contributed by atoms with E-state index in [4.69, 9.17) is 0 Å². The number of carbonyl (C=O) groups is 1. The number of aromatic nitrogens is 2. The van der Waals surface area contributed by atoms with Gasteiger partial charge in [-0.1, -0.05) is 0 Å². The summed E-state index contributed by atoms with van der Waals surface area (Å²) in [6, 6.07) is 4.15. The van der Waals surface area contributed by atoms with E-state index in [0.29, 0.717) is 11.4 Å². The second-order valence-electron chi connectivity index (χ2n) is 3.56. The summed E-state index contributed by atoms with van der Waals surface area (Å²) in [5.41, 5.74) is 0.947.